The van der Waals surface area contributed by atoms with E-state index in [2.05, 4.69) is 90.2 Å². The van der Waals surface area contributed by atoms with E-state index in [4.69, 9.17) is 8.23 Å². The summed E-state index contributed by atoms with van der Waals surface area (Å²) in [5, 5.41) is 0. The SMILES string of the molecule is C=C=C[Si](C)(C)O[Si](C)(C)C=C=C.C=C[Si](C)(C)O[Si](C)(C)C=C.[Pt]. The Morgan fingerprint density at radius 3 is 1.04 bits per heavy atom. The van der Waals surface area contributed by atoms with E-state index >= 15 is 0 Å². The maximum absolute atomic E-state index is 6.07. The molecule has 0 radical (unpaired) electrons. The fourth-order valence-corrected chi connectivity index (χ4v) is 15.0. The summed E-state index contributed by atoms with van der Waals surface area (Å²) in [5.41, 5.74) is 13.5. The maximum atomic E-state index is 6.07. The summed E-state index contributed by atoms with van der Waals surface area (Å²) < 4.78 is 12.0. The molecule has 0 aromatic heterocycles. The monoisotopic (exact) mass is 591 g/mol. The summed E-state index contributed by atoms with van der Waals surface area (Å²) in [4.78, 5) is 0. The average Bonchev–Trinajstić information content (AvgIpc) is 2.36. The van der Waals surface area contributed by atoms with Crippen LogP contribution in [0.25, 0.3) is 0 Å². The van der Waals surface area contributed by atoms with Crippen molar-refractivity contribution in [2.24, 2.45) is 0 Å². The molecule has 0 saturated heterocycles. The molecule has 7 heteroatoms. The van der Waals surface area contributed by atoms with Crippen LogP contribution in [-0.4, -0.2) is 33.3 Å². The van der Waals surface area contributed by atoms with Crippen molar-refractivity contribution in [2.75, 3.05) is 0 Å². The Bertz CT molecular complexity index is 481. The molecule has 146 valence electrons. The van der Waals surface area contributed by atoms with Crippen molar-refractivity contribution in [2.45, 2.75) is 52.4 Å². The first kappa shape index (κ1) is 29.7. The van der Waals surface area contributed by atoms with E-state index in [-0.39, 0.29) is 21.1 Å². The normalized spacial score (nSPS) is 11.5. The minimum absolute atomic E-state index is 0. The van der Waals surface area contributed by atoms with Gasteiger partial charge in [0.15, 0.2) is 16.6 Å². The Morgan fingerprint density at radius 1 is 0.600 bits per heavy atom. The Labute approximate surface area is 174 Å². The molecule has 0 amide bonds. The molecule has 0 aromatic rings. The average molecular weight is 592 g/mol. The molecule has 0 N–H and O–H groups in total. The van der Waals surface area contributed by atoms with Crippen molar-refractivity contribution in [1.29, 1.82) is 0 Å². The van der Waals surface area contributed by atoms with Crippen LogP contribution in [0.2, 0.25) is 52.4 Å². The molecule has 0 atom stereocenters. The van der Waals surface area contributed by atoms with E-state index < -0.39 is 33.3 Å². The largest absolute Gasteiger partial charge is 0.449 e. The van der Waals surface area contributed by atoms with Crippen LogP contribution in [0.1, 0.15) is 0 Å². The zero-order chi connectivity index (χ0) is 19.7. The van der Waals surface area contributed by atoms with E-state index in [9.17, 15) is 0 Å². The van der Waals surface area contributed by atoms with E-state index in [0.29, 0.717) is 0 Å². The molecule has 0 saturated carbocycles. The number of hydrogen-bond acceptors (Lipinski definition) is 2. The van der Waals surface area contributed by atoms with Crippen LogP contribution in [0.3, 0.4) is 0 Å². The minimum Gasteiger partial charge on any atom is -0.449 e. The summed E-state index contributed by atoms with van der Waals surface area (Å²) >= 11 is 0. The second kappa shape index (κ2) is 12.4. The molecule has 0 aliphatic heterocycles. The van der Waals surface area contributed by atoms with Crippen LogP contribution < -0.4 is 0 Å². The van der Waals surface area contributed by atoms with Gasteiger partial charge in [0.2, 0.25) is 16.6 Å². The van der Waals surface area contributed by atoms with Gasteiger partial charge >= 0.3 is 0 Å². The molecule has 25 heavy (non-hydrogen) atoms. The van der Waals surface area contributed by atoms with Gasteiger partial charge in [-0.25, -0.2) is 0 Å². The molecule has 0 bridgehead atoms. The van der Waals surface area contributed by atoms with Crippen LogP contribution in [0.15, 0.2) is 60.6 Å². The summed E-state index contributed by atoms with van der Waals surface area (Å²) in [6.45, 7) is 31.8. The molecule has 0 fully saturated rings. The van der Waals surface area contributed by atoms with Crippen LogP contribution in [-0.2, 0) is 29.3 Å². The quantitative estimate of drug-likeness (QED) is 0.253. The molecular weight excluding hydrogens is 556 g/mol. The van der Waals surface area contributed by atoms with Crippen molar-refractivity contribution in [1.82, 2.24) is 0 Å². The smallest absolute Gasteiger partial charge is 0.206 e. The molecule has 0 unspecified atom stereocenters. The fraction of sp³-hybridized carbons (Fsp3) is 0.444. The van der Waals surface area contributed by atoms with Gasteiger partial charge in [0, 0.05) is 21.1 Å². The van der Waals surface area contributed by atoms with Crippen LogP contribution in [0, 0.1) is 0 Å². The molecule has 0 aliphatic carbocycles. The van der Waals surface area contributed by atoms with Crippen molar-refractivity contribution < 1.29 is 29.3 Å². The third-order valence-corrected chi connectivity index (χ3v) is 15.1. The van der Waals surface area contributed by atoms with Gasteiger partial charge in [0.1, 0.15) is 0 Å². The van der Waals surface area contributed by atoms with Gasteiger partial charge in [-0.05, 0) is 63.8 Å². The number of rotatable bonds is 8. The van der Waals surface area contributed by atoms with Crippen molar-refractivity contribution in [3.63, 3.8) is 0 Å². The summed E-state index contributed by atoms with van der Waals surface area (Å²) in [6.07, 6.45) is 0. The van der Waals surface area contributed by atoms with Crippen LogP contribution >= 0.6 is 0 Å². The maximum Gasteiger partial charge on any atom is 0.206 e. The van der Waals surface area contributed by atoms with Crippen molar-refractivity contribution in [3.05, 3.63) is 60.6 Å². The first-order valence-corrected chi connectivity index (χ1v) is 20.0. The Hall–Kier alpha value is -0.00416. The summed E-state index contributed by atoms with van der Waals surface area (Å²) in [6, 6.07) is 0. The van der Waals surface area contributed by atoms with E-state index in [0.717, 1.165) is 0 Å². The predicted octanol–water partition coefficient (Wildman–Crippen LogP) is 6.03. The molecule has 0 aliphatic rings. The molecular formula is C18H36O2PtSi4. The van der Waals surface area contributed by atoms with Gasteiger partial charge in [-0.3, -0.25) is 0 Å². The molecule has 0 spiro atoms. The molecule has 0 rings (SSSR count). The topological polar surface area (TPSA) is 18.5 Å². The Balaban J connectivity index is -0.000000377. The third kappa shape index (κ3) is 17.2. The summed E-state index contributed by atoms with van der Waals surface area (Å²) in [7, 11) is -6.58. The van der Waals surface area contributed by atoms with Crippen LogP contribution in [0.4, 0.5) is 0 Å². The van der Waals surface area contributed by atoms with Crippen LogP contribution in [0.5, 0.6) is 0 Å². The second-order valence-corrected chi connectivity index (χ2v) is 23.6. The minimum atomic E-state index is -1.71. The van der Waals surface area contributed by atoms with Crippen molar-refractivity contribution >= 4 is 33.3 Å². The zero-order valence-electron chi connectivity index (χ0n) is 17.3. The van der Waals surface area contributed by atoms with Gasteiger partial charge in [0.25, 0.3) is 0 Å². The Morgan fingerprint density at radius 2 is 0.840 bits per heavy atom. The first-order chi connectivity index (χ1) is 10.7. The van der Waals surface area contributed by atoms with Gasteiger partial charge in [-0.1, -0.05) is 24.6 Å². The molecule has 0 aromatic carbocycles. The fourth-order valence-electron chi connectivity index (χ4n) is 1.99. The van der Waals surface area contributed by atoms with Gasteiger partial charge in [-0.2, -0.15) is 0 Å². The third-order valence-electron chi connectivity index (χ3n) is 2.93. The van der Waals surface area contributed by atoms with Crippen molar-refractivity contribution in [3.8, 4) is 0 Å². The zero-order valence-corrected chi connectivity index (χ0v) is 23.5. The summed E-state index contributed by atoms with van der Waals surface area (Å²) in [5.74, 6) is 0. The second-order valence-electron chi connectivity index (χ2n) is 7.72. The predicted molar refractivity (Wildman–Crippen MR) is 120 cm³/mol. The standard InChI is InChI=1S/C10H18OSi2.C8H18OSi2.Pt/c1-7-9-12(3,4)11-13(5,6)10-8-2;1-7-10(3,4)9-11(5,6)8-2;/h9-10H,1-2H2,3-6H3;7-8H,1-2H2,3-6H3;. The van der Waals surface area contributed by atoms with Gasteiger partial charge in [0.05, 0.1) is 0 Å². The first-order valence-electron chi connectivity index (χ1n) is 8.07. The van der Waals surface area contributed by atoms with E-state index in [1.165, 1.54) is 0 Å². The molecule has 0 heterocycles. The van der Waals surface area contributed by atoms with E-state index in [1.807, 2.05) is 22.8 Å². The molecule has 2 nitrogen and oxygen atoms in total. The van der Waals surface area contributed by atoms with Gasteiger partial charge in [-0.15, -0.1) is 24.6 Å². The number of hydrogen-bond donors (Lipinski definition) is 0. The van der Waals surface area contributed by atoms with E-state index in [1.54, 1.807) is 0 Å². The Kier molecular flexibility index (Phi) is 14.7. The van der Waals surface area contributed by atoms with Gasteiger partial charge < -0.3 is 8.23 Å².